The third-order valence-corrected chi connectivity index (χ3v) is 3.63. The number of benzene rings is 1. The topological polar surface area (TPSA) is 45.2 Å². The van der Waals surface area contributed by atoms with E-state index in [1.807, 2.05) is 42.6 Å². The lowest BCUT2D eigenvalue weighted by Gasteiger charge is -2.23. The van der Waals surface area contributed by atoms with Crippen LogP contribution >= 0.6 is 0 Å². The van der Waals surface area contributed by atoms with Gasteiger partial charge in [0.25, 0.3) is 5.91 Å². The van der Waals surface area contributed by atoms with E-state index in [9.17, 15) is 4.79 Å². The van der Waals surface area contributed by atoms with Crippen molar-refractivity contribution in [1.82, 2.24) is 10.3 Å². The molecule has 1 N–H and O–H groups in total. The second kappa shape index (κ2) is 8.93. The fraction of sp³-hybridized carbons (Fsp3) is 0.368. The van der Waals surface area contributed by atoms with Crippen LogP contribution in [0.5, 0.6) is 0 Å². The van der Waals surface area contributed by atoms with Crippen LogP contribution < -0.4 is 10.2 Å². The standard InChI is InChI=1S/C19H25N3O/c1-3-10-22(11-4-2)18-12-17(14-20-15-18)19(23)21-13-16-8-6-5-7-9-16/h5-9,12,14-15H,3-4,10-11,13H2,1-2H3,(H,21,23). The van der Waals surface area contributed by atoms with E-state index in [2.05, 4.69) is 29.0 Å². The minimum absolute atomic E-state index is 0.0869. The molecule has 122 valence electrons. The number of nitrogens with zero attached hydrogens (tertiary/aromatic N) is 2. The molecule has 2 rings (SSSR count). The van der Waals surface area contributed by atoms with Crippen molar-refractivity contribution < 1.29 is 4.79 Å². The van der Waals surface area contributed by atoms with Gasteiger partial charge in [0, 0.05) is 25.8 Å². The molecule has 0 spiro atoms. The zero-order valence-corrected chi connectivity index (χ0v) is 14.0. The molecule has 0 saturated carbocycles. The number of pyridine rings is 1. The number of aromatic nitrogens is 1. The van der Waals surface area contributed by atoms with Crippen molar-refractivity contribution in [2.45, 2.75) is 33.2 Å². The van der Waals surface area contributed by atoms with Crippen LogP contribution in [0.4, 0.5) is 5.69 Å². The van der Waals surface area contributed by atoms with E-state index in [0.29, 0.717) is 12.1 Å². The molecule has 0 saturated heterocycles. The summed E-state index contributed by atoms with van der Waals surface area (Å²) < 4.78 is 0. The first-order valence-corrected chi connectivity index (χ1v) is 8.26. The first-order valence-electron chi connectivity index (χ1n) is 8.26. The highest BCUT2D eigenvalue weighted by atomic mass is 16.1. The van der Waals surface area contributed by atoms with Gasteiger partial charge in [-0.05, 0) is 24.5 Å². The number of hydrogen-bond acceptors (Lipinski definition) is 3. The molecule has 0 fully saturated rings. The van der Waals surface area contributed by atoms with Gasteiger partial charge in [0.2, 0.25) is 0 Å². The lowest BCUT2D eigenvalue weighted by molar-refractivity contribution is 0.0950. The van der Waals surface area contributed by atoms with E-state index < -0.39 is 0 Å². The smallest absolute Gasteiger partial charge is 0.253 e. The maximum Gasteiger partial charge on any atom is 0.253 e. The van der Waals surface area contributed by atoms with Crippen LogP contribution in [0.25, 0.3) is 0 Å². The Morgan fingerprint density at radius 2 is 1.78 bits per heavy atom. The van der Waals surface area contributed by atoms with Crippen LogP contribution in [-0.2, 0) is 6.54 Å². The highest BCUT2D eigenvalue weighted by Crippen LogP contribution is 2.15. The number of nitrogens with one attached hydrogen (secondary N) is 1. The average Bonchev–Trinajstić information content (AvgIpc) is 2.60. The molecule has 23 heavy (non-hydrogen) atoms. The van der Waals surface area contributed by atoms with Gasteiger partial charge in [0.05, 0.1) is 17.4 Å². The van der Waals surface area contributed by atoms with Gasteiger partial charge in [0.15, 0.2) is 0 Å². The number of carbonyl (C=O) groups is 1. The van der Waals surface area contributed by atoms with Crippen molar-refractivity contribution in [2.75, 3.05) is 18.0 Å². The minimum atomic E-state index is -0.0869. The quantitative estimate of drug-likeness (QED) is 0.809. The molecular weight excluding hydrogens is 286 g/mol. The zero-order valence-electron chi connectivity index (χ0n) is 14.0. The van der Waals surface area contributed by atoms with Gasteiger partial charge < -0.3 is 10.2 Å². The monoisotopic (exact) mass is 311 g/mol. The van der Waals surface area contributed by atoms with Gasteiger partial charge in [-0.25, -0.2) is 0 Å². The molecule has 0 aliphatic heterocycles. The van der Waals surface area contributed by atoms with Crippen LogP contribution in [0.3, 0.4) is 0 Å². The largest absolute Gasteiger partial charge is 0.370 e. The highest BCUT2D eigenvalue weighted by molar-refractivity contribution is 5.94. The summed E-state index contributed by atoms with van der Waals surface area (Å²) in [7, 11) is 0. The SMILES string of the molecule is CCCN(CCC)c1cncc(C(=O)NCc2ccccc2)c1. The lowest BCUT2D eigenvalue weighted by Crippen LogP contribution is -2.26. The van der Waals surface area contributed by atoms with Crippen molar-refractivity contribution >= 4 is 11.6 Å². The van der Waals surface area contributed by atoms with Gasteiger partial charge in [-0.3, -0.25) is 9.78 Å². The summed E-state index contributed by atoms with van der Waals surface area (Å²) in [6, 6.07) is 11.8. The fourth-order valence-electron chi connectivity index (χ4n) is 2.52. The predicted molar refractivity (Wildman–Crippen MR) is 94.6 cm³/mol. The molecule has 2 aromatic rings. The van der Waals surface area contributed by atoms with Crippen LogP contribution in [0.15, 0.2) is 48.8 Å². The van der Waals surface area contributed by atoms with Crippen molar-refractivity contribution in [1.29, 1.82) is 0 Å². The maximum absolute atomic E-state index is 12.3. The molecule has 1 heterocycles. The van der Waals surface area contributed by atoms with Crippen LogP contribution in [0, 0.1) is 0 Å². The van der Waals surface area contributed by atoms with Crippen LogP contribution in [0.2, 0.25) is 0 Å². The molecule has 0 unspecified atom stereocenters. The maximum atomic E-state index is 12.3. The van der Waals surface area contributed by atoms with Gasteiger partial charge in [-0.2, -0.15) is 0 Å². The predicted octanol–water partition coefficient (Wildman–Crippen LogP) is 3.64. The van der Waals surface area contributed by atoms with Crippen LogP contribution in [-0.4, -0.2) is 24.0 Å². The van der Waals surface area contributed by atoms with Gasteiger partial charge >= 0.3 is 0 Å². The number of hydrogen-bond donors (Lipinski definition) is 1. The summed E-state index contributed by atoms with van der Waals surface area (Å²) >= 11 is 0. The van der Waals surface area contributed by atoms with E-state index in [-0.39, 0.29) is 5.91 Å². The summed E-state index contributed by atoms with van der Waals surface area (Å²) in [6.07, 6.45) is 5.61. The van der Waals surface area contributed by atoms with Gasteiger partial charge in [-0.1, -0.05) is 44.2 Å². The van der Waals surface area contributed by atoms with Crippen molar-refractivity contribution in [3.63, 3.8) is 0 Å². The molecular formula is C19H25N3O. The number of carbonyl (C=O) groups excluding carboxylic acids is 1. The van der Waals surface area contributed by atoms with Crippen molar-refractivity contribution in [3.8, 4) is 0 Å². The summed E-state index contributed by atoms with van der Waals surface area (Å²) in [5.74, 6) is -0.0869. The third-order valence-electron chi connectivity index (χ3n) is 3.63. The lowest BCUT2D eigenvalue weighted by atomic mass is 10.2. The molecule has 1 amide bonds. The number of amides is 1. The Hall–Kier alpha value is -2.36. The number of rotatable bonds is 8. The van der Waals surface area contributed by atoms with E-state index >= 15 is 0 Å². The van der Waals surface area contributed by atoms with Crippen LogP contribution in [0.1, 0.15) is 42.6 Å². The Balaban J connectivity index is 2.04. The molecule has 0 bridgehead atoms. The Bertz CT molecular complexity index is 607. The van der Waals surface area contributed by atoms with E-state index in [1.54, 1.807) is 6.20 Å². The van der Waals surface area contributed by atoms with Gasteiger partial charge in [0.1, 0.15) is 0 Å². The Morgan fingerprint density at radius 3 is 2.43 bits per heavy atom. The third kappa shape index (κ3) is 5.09. The van der Waals surface area contributed by atoms with E-state index in [4.69, 9.17) is 0 Å². The average molecular weight is 311 g/mol. The molecule has 4 nitrogen and oxygen atoms in total. The Labute approximate surface area is 138 Å². The Kier molecular flexibility index (Phi) is 6.60. The minimum Gasteiger partial charge on any atom is -0.370 e. The summed E-state index contributed by atoms with van der Waals surface area (Å²) in [5.41, 5.74) is 2.71. The molecule has 1 aromatic heterocycles. The first-order chi connectivity index (χ1) is 11.2. The summed E-state index contributed by atoms with van der Waals surface area (Å²) in [6.45, 7) is 6.80. The zero-order chi connectivity index (χ0) is 16.5. The molecule has 0 aliphatic carbocycles. The second-order valence-electron chi connectivity index (χ2n) is 5.59. The van der Waals surface area contributed by atoms with Gasteiger partial charge in [-0.15, -0.1) is 0 Å². The summed E-state index contributed by atoms with van der Waals surface area (Å²) in [5, 5.41) is 2.95. The fourth-order valence-corrected chi connectivity index (χ4v) is 2.52. The summed E-state index contributed by atoms with van der Waals surface area (Å²) in [4.78, 5) is 18.9. The second-order valence-corrected chi connectivity index (χ2v) is 5.59. The normalized spacial score (nSPS) is 10.3. The highest BCUT2D eigenvalue weighted by Gasteiger charge is 2.10. The van der Waals surface area contributed by atoms with E-state index in [1.165, 1.54) is 0 Å². The molecule has 0 radical (unpaired) electrons. The molecule has 0 aliphatic rings. The first kappa shape index (κ1) is 17.0. The van der Waals surface area contributed by atoms with Crippen molar-refractivity contribution in [3.05, 3.63) is 59.9 Å². The van der Waals surface area contributed by atoms with Crippen molar-refractivity contribution in [2.24, 2.45) is 0 Å². The van der Waals surface area contributed by atoms with E-state index in [0.717, 1.165) is 37.2 Å². The molecule has 1 aromatic carbocycles. The molecule has 0 atom stereocenters. The Morgan fingerprint density at radius 1 is 1.09 bits per heavy atom. The number of anilines is 1. The molecule has 4 heteroatoms.